The van der Waals surface area contributed by atoms with Crippen LogP contribution in [-0.2, 0) is 0 Å². The minimum atomic E-state index is -0.0208. The molecule has 0 aliphatic heterocycles. The van der Waals surface area contributed by atoms with Gasteiger partial charge in [-0.25, -0.2) is 0 Å². The number of nitriles is 1. The third-order valence-electron chi connectivity index (χ3n) is 3.04. The standard InChI is InChI=1S/C17H17NO/c1-2-16(12-13-18)19-17-10-8-15(9-11-17)14-6-4-3-5-7-14/h3-11,16H,2,12H2,1H3. The minimum absolute atomic E-state index is 0.0208. The molecule has 0 heterocycles. The normalized spacial score (nSPS) is 11.6. The minimum Gasteiger partial charge on any atom is -0.489 e. The molecule has 0 radical (unpaired) electrons. The van der Waals surface area contributed by atoms with E-state index in [0.717, 1.165) is 12.2 Å². The Bertz CT molecular complexity index is 540. The summed E-state index contributed by atoms with van der Waals surface area (Å²) in [6.07, 6.45) is 1.25. The van der Waals surface area contributed by atoms with E-state index in [1.807, 2.05) is 49.4 Å². The summed E-state index contributed by atoms with van der Waals surface area (Å²) in [5, 5.41) is 8.71. The van der Waals surface area contributed by atoms with Gasteiger partial charge < -0.3 is 4.74 Å². The molecule has 0 aromatic heterocycles. The maximum absolute atomic E-state index is 8.71. The molecule has 2 rings (SSSR count). The molecule has 0 fully saturated rings. The molecule has 0 aliphatic carbocycles. The van der Waals surface area contributed by atoms with Crippen molar-refractivity contribution in [1.29, 1.82) is 5.26 Å². The summed E-state index contributed by atoms with van der Waals surface area (Å²) < 4.78 is 5.77. The molecule has 96 valence electrons. The van der Waals surface area contributed by atoms with E-state index in [0.29, 0.717) is 6.42 Å². The van der Waals surface area contributed by atoms with Crippen molar-refractivity contribution in [2.24, 2.45) is 0 Å². The van der Waals surface area contributed by atoms with Crippen LogP contribution in [0.4, 0.5) is 0 Å². The summed E-state index contributed by atoms with van der Waals surface area (Å²) in [7, 11) is 0. The van der Waals surface area contributed by atoms with Crippen molar-refractivity contribution in [3.05, 3.63) is 54.6 Å². The Labute approximate surface area is 114 Å². The smallest absolute Gasteiger partial charge is 0.119 e. The number of benzene rings is 2. The summed E-state index contributed by atoms with van der Waals surface area (Å²) in [5.41, 5.74) is 2.36. The topological polar surface area (TPSA) is 33.0 Å². The Kier molecular flexibility index (Phi) is 4.58. The van der Waals surface area contributed by atoms with E-state index in [1.54, 1.807) is 0 Å². The molecule has 19 heavy (non-hydrogen) atoms. The highest BCUT2D eigenvalue weighted by Crippen LogP contribution is 2.23. The van der Waals surface area contributed by atoms with Crippen molar-refractivity contribution in [2.45, 2.75) is 25.9 Å². The second-order valence-corrected chi connectivity index (χ2v) is 4.40. The second-order valence-electron chi connectivity index (χ2n) is 4.40. The van der Waals surface area contributed by atoms with Crippen LogP contribution in [-0.4, -0.2) is 6.10 Å². The molecule has 0 spiro atoms. The van der Waals surface area contributed by atoms with E-state index >= 15 is 0 Å². The van der Waals surface area contributed by atoms with Gasteiger partial charge in [0.2, 0.25) is 0 Å². The second kappa shape index (κ2) is 6.61. The maximum Gasteiger partial charge on any atom is 0.119 e. The van der Waals surface area contributed by atoms with Crippen molar-refractivity contribution in [1.82, 2.24) is 0 Å². The highest BCUT2D eigenvalue weighted by molar-refractivity contribution is 5.63. The molecular formula is C17H17NO. The van der Waals surface area contributed by atoms with Crippen LogP contribution >= 0.6 is 0 Å². The maximum atomic E-state index is 8.71. The zero-order valence-corrected chi connectivity index (χ0v) is 11.0. The van der Waals surface area contributed by atoms with Gasteiger partial charge in [0.05, 0.1) is 12.5 Å². The fourth-order valence-electron chi connectivity index (χ4n) is 1.92. The lowest BCUT2D eigenvalue weighted by Crippen LogP contribution is -2.14. The molecule has 2 nitrogen and oxygen atoms in total. The lowest BCUT2D eigenvalue weighted by atomic mass is 10.1. The molecule has 0 saturated heterocycles. The summed E-state index contributed by atoms with van der Waals surface area (Å²) in [6, 6.07) is 20.4. The van der Waals surface area contributed by atoms with Crippen molar-refractivity contribution in [3.63, 3.8) is 0 Å². The van der Waals surface area contributed by atoms with E-state index in [1.165, 1.54) is 11.1 Å². The van der Waals surface area contributed by atoms with Gasteiger partial charge in [0.1, 0.15) is 11.9 Å². The van der Waals surface area contributed by atoms with Crippen molar-refractivity contribution in [3.8, 4) is 22.9 Å². The Morgan fingerprint density at radius 1 is 1.00 bits per heavy atom. The predicted molar refractivity (Wildman–Crippen MR) is 76.8 cm³/mol. The predicted octanol–water partition coefficient (Wildman–Crippen LogP) is 4.42. The molecule has 0 amide bonds. The van der Waals surface area contributed by atoms with Gasteiger partial charge in [0.25, 0.3) is 0 Å². The monoisotopic (exact) mass is 251 g/mol. The molecule has 1 unspecified atom stereocenters. The van der Waals surface area contributed by atoms with Crippen LogP contribution < -0.4 is 4.74 Å². The highest BCUT2D eigenvalue weighted by Gasteiger charge is 2.07. The molecule has 2 heteroatoms. The lowest BCUT2D eigenvalue weighted by Gasteiger charge is -2.14. The zero-order valence-electron chi connectivity index (χ0n) is 11.0. The van der Waals surface area contributed by atoms with E-state index < -0.39 is 0 Å². The molecule has 0 bridgehead atoms. The fraction of sp³-hybridized carbons (Fsp3) is 0.235. The number of hydrogen-bond acceptors (Lipinski definition) is 2. The van der Waals surface area contributed by atoms with Crippen molar-refractivity contribution < 1.29 is 4.74 Å². The molecule has 2 aromatic rings. The molecule has 1 atom stereocenters. The fourth-order valence-corrected chi connectivity index (χ4v) is 1.92. The SMILES string of the molecule is CCC(CC#N)Oc1ccc(-c2ccccc2)cc1. The van der Waals surface area contributed by atoms with Gasteiger partial charge >= 0.3 is 0 Å². The summed E-state index contributed by atoms with van der Waals surface area (Å²) >= 11 is 0. The first-order valence-corrected chi connectivity index (χ1v) is 6.52. The van der Waals surface area contributed by atoms with Gasteiger partial charge in [0, 0.05) is 0 Å². The van der Waals surface area contributed by atoms with Gasteiger partial charge in [-0.1, -0.05) is 49.4 Å². The van der Waals surface area contributed by atoms with Gasteiger partial charge in [-0.05, 0) is 29.7 Å². The Hall–Kier alpha value is -2.27. The van der Waals surface area contributed by atoms with Crippen molar-refractivity contribution in [2.75, 3.05) is 0 Å². The van der Waals surface area contributed by atoms with E-state index in [9.17, 15) is 0 Å². The first-order valence-electron chi connectivity index (χ1n) is 6.52. The van der Waals surface area contributed by atoms with E-state index in [4.69, 9.17) is 10.00 Å². The third-order valence-corrected chi connectivity index (χ3v) is 3.04. The largest absolute Gasteiger partial charge is 0.489 e. The average Bonchev–Trinajstić information content (AvgIpc) is 2.48. The lowest BCUT2D eigenvalue weighted by molar-refractivity contribution is 0.202. The van der Waals surface area contributed by atoms with Crippen LogP contribution in [0.1, 0.15) is 19.8 Å². The van der Waals surface area contributed by atoms with E-state index in [-0.39, 0.29) is 6.10 Å². The molecule has 0 saturated carbocycles. The van der Waals surface area contributed by atoms with Crippen LogP contribution in [0.15, 0.2) is 54.6 Å². The Morgan fingerprint density at radius 2 is 1.63 bits per heavy atom. The molecule has 2 aromatic carbocycles. The quantitative estimate of drug-likeness (QED) is 0.787. The summed E-state index contributed by atoms with van der Waals surface area (Å²) in [4.78, 5) is 0. The number of hydrogen-bond donors (Lipinski definition) is 0. The number of rotatable bonds is 5. The number of nitrogens with zero attached hydrogens (tertiary/aromatic N) is 1. The van der Waals surface area contributed by atoms with Gasteiger partial charge in [-0.2, -0.15) is 5.26 Å². The van der Waals surface area contributed by atoms with Crippen molar-refractivity contribution >= 4 is 0 Å². The van der Waals surface area contributed by atoms with Gasteiger partial charge in [0.15, 0.2) is 0 Å². The van der Waals surface area contributed by atoms with Crippen LogP contribution in [0.5, 0.6) is 5.75 Å². The van der Waals surface area contributed by atoms with Gasteiger partial charge in [-0.3, -0.25) is 0 Å². The first-order chi connectivity index (χ1) is 9.33. The average molecular weight is 251 g/mol. The highest BCUT2D eigenvalue weighted by atomic mass is 16.5. The Balaban J connectivity index is 2.09. The number of ether oxygens (including phenoxy) is 1. The van der Waals surface area contributed by atoms with Crippen LogP contribution in [0, 0.1) is 11.3 Å². The molecular weight excluding hydrogens is 234 g/mol. The third kappa shape index (κ3) is 3.59. The summed E-state index contributed by atoms with van der Waals surface area (Å²) in [5.74, 6) is 0.821. The molecule has 0 aliphatic rings. The van der Waals surface area contributed by atoms with E-state index in [2.05, 4.69) is 18.2 Å². The molecule has 0 N–H and O–H groups in total. The van der Waals surface area contributed by atoms with Crippen LogP contribution in [0.25, 0.3) is 11.1 Å². The van der Waals surface area contributed by atoms with Crippen LogP contribution in [0.2, 0.25) is 0 Å². The van der Waals surface area contributed by atoms with Crippen LogP contribution in [0.3, 0.4) is 0 Å². The zero-order chi connectivity index (χ0) is 13.5. The summed E-state index contributed by atoms with van der Waals surface area (Å²) in [6.45, 7) is 2.03. The van der Waals surface area contributed by atoms with Gasteiger partial charge in [-0.15, -0.1) is 0 Å². The first kappa shape index (κ1) is 13.2. The Morgan fingerprint density at radius 3 is 2.21 bits per heavy atom.